The Kier molecular flexibility index (Phi) is 6.06. The van der Waals surface area contributed by atoms with Gasteiger partial charge >= 0.3 is 0 Å². The van der Waals surface area contributed by atoms with Crippen LogP contribution in [0.1, 0.15) is 32.6 Å². The quantitative estimate of drug-likeness (QED) is 0.455. The first-order chi connectivity index (χ1) is 14.4. The van der Waals surface area contributed by atoms with Crippen molar-refractivity contribution < 1.29 is 9.53 Å². The topological polar surface area (TPSA) is 68.2 Å². The number of nitrogens with zero attached hydrogens (tertiary/aromatic N) is 4. The molecule has 1 amide bonds. The summed E-state index contributed by atoms with van der Waals surface area (Å²) in [5.74, 6) is 1.63. The van der Waals surface area contributed by atoms with Crippen LogP contribution in [0.4, 0.5) is 5.69 Å². The van der Waals surface area contributed by atoms with Crippen LogP contribution in [0.15, 0.2) is 58.2 Å². The van der Waals surface area contributed by atoms with Crippen molar-refractivity contribution in [2.75, 3.05) is 10.7 Å². The van der Waals surface area contributed by atoms with Gasteiger partial charge in [0.15, 0.2) is 5.69 Å². The second-order valence-corrected chi connectivity index (χ2v) is 9.28. The van der Waals surface area contributed by atoms with Crippen molar-refractivity contribution in [3.8, 4) is 17.1 Å². The lowest BCUT2D eigenvalue weighted by molar-refractivity contribution is -0.118. The molecule has 0 N–H and O–H groups in total. The number of hydrogen-bond donors (Lipinski definition) is 0. The number of para-hydroxylation sites is 1. The predicted molar refractivity (Wildman–Crippen MR) is 121 cm³/mol. The van der Waals surface area contributed by atoms with Gasteiger partial charge in [-0.2, -0.15) is 4.98 Å². The molecule has 0 radical (unpaired) electrons. The summed E-state index contributed by atoms with van der Waals surface area (Å²) in [6, 6.07) is 15.3. The molecule has 1 aliphatic heterocycles. The number of amides is 1. The highest BCUT2D eigenvalue weighted by Crippen LogP contribution is 2.43. The average Bonchev–Trinajstić information content (AvgIpc) is 2.87. The number of benzene rings is 2. The van der Waals surface area contributed by atoms with E-state index in [1.165, 1.54) is 6.92 Å². The lowest BCUT2D eigenvalue weighted by atomic mass is 10.1. The lowest BCUT2D eigenvalue weighted by Crippen LogP contribution is -2.36. The van der Waals surface area contributed by atoms with E-state index in [0.29, 0.717) is 22.6 Å². The van der Waals surface area contributed by atoms with E-state index in [1.54, 1.807) is 16.7 Å². The molecule has 30 heavy (non-hydrogen) atoms. The van der Waals surface area contributed by atoms with E-state index in [4.69, 9.17) is 4.74 Å². The Balaban J connectivity index is 1.86. The zero-order valence-electron chi connectivity index (χ0n) is 16.9. The Morgan fingerprint density at radius 3 is 2.60 bits per heavy atom. The first-order valence-corrected chi connectivity index (χ1v) is 11.4. The van der Waals surface area contributed by atoms with Crippen LogP contribution in [-0.2, 0) is 4.79 Å². The Morgan fingerprint density at radius 1 is 1.17 bits per heavy atom. The molecule has 4 rings (SSSR count). The van der Waals surface area contributed by atoms with Crippen molar-refractivity contribution in [3.63, 3.8) is 0 Å². The van der Waals surface area contributed by atoms with Gasteiger partial charge in [0.1, 0.15) is 0 Å². The summed E-state index contributed by atoms with van der Waals surface area (Å²) >= 11 is 5.01. The highest BCUT2D eigenvalue weighted by atomic mass is 79.9. The van der Waals surface area contributed by atoms with E-state index < -0.39 is 6.23 Å². The molecule has 0 unspecified atom stereocenters. The monoisotopic (exact) mass is 484 g/mol. The molecule has 1 aromatic heterocycles. The normalized spacial score (nSPS) is 15.2. The zero-order valence-corrected chi connectivity index (χ0v) is 19.3. The Morgan fingerprint density at radius 2 is 1.90 bits per heavy atom. The molecular weight excluding hydrogens is 464 g/mol. The molecular formula is C22H21BrN4O2S. The minimum atomic E-state index is -0.669. The van der Waals surface area contributed by atoms with Gasteiger partial charge in [0.2, 0.25) is 23.2 Å². The van der Waals surface area contributed by atoms with Gasteiger partial charge in [-0.1, -0.05) is 71.9 Å². The Hall–Kier alpha value is -2.45. The van der Waals surface area contributed by atoms with E-state index in [1.807, 2.05) is 48.5 Å². The van der Waals surface area contributed by atoms with Crippen molar-refractivity contribution >= 4 is 39.3 Å². The molecule has 154 valence electrons. The van der Waals surface area contributed by atoms with Gasteiger partial charge in [-0.3, -0.25) is 9.69 Å². The maximum Gasteiger partial charge on any atom is 0.247 e. The molecule has 2 heterocycles. The molecule has 8 heteroatoms. The molecule has 0 bridgehead atoms. The fourth-order valence-corrected chi connectivity index (χ4v) is 4.19. The van der Waals surface area contributed by atoms with Gasteiger partial charge in [0.25, 0.3) is 0 Å². The van der Waals surface area contributed by atoms with Gasteiger partial charge < -0.3 is 4.74 Å². The summed E-state index contributed by atoms with van der Waals surface area (Å²) in [7, 11) is 0. The lowest BCUT2D eigenvalue weighted by Gasteiger charge is -2.29. The Labute approximate surface area is 188 Å². The zero-order chi connectivity index (χ0) is 21.3. The summed E-state index contributed by atoms with van der Waals surface area (Å²) in [4.78, 5) is 19.0. The summed E-state index contributed by atoms with van der Waals surface area (Å²) in [6.07, 6.45) is -0.669. The highest BCUT2D eigenvalue weighted by molar-refractivity contribution is 9.10. The summed E-state index contributed by atoms with van der Waals surface area (Å²) in [6.45, 7) is 5.82. The molecule has 1 aliphatic rings. The second kappa shape index (κ2) is 8.73. The maximum absolute atomic E-state index is 12.7. The van der Waals surface area contributed by atoms with E-state index in [-0.39, 0.29) is 5.91 Å². The molecule has 0 saturated heterocycles. The van der Waals surface area contributed by atoms with Crippen molar-refractivity contribution in [2.24, 2.45) is 5.92 Å². The van der Waals surface area contributed by atoms with Gasteiger partial charge in [0.05, 0.1) is 5.69 Å². The Bertz CT molecular complexity index is 1070. The molecule has 3 aromatic rings. The van der Waals surface area contributed by atoms with Crippen molar-refractivity contribution in [1.82, 2.24) is 15.2 Å². The third kappa shape index (κ3) is 4.20. The number of thioether (sulfide) groups is 1. The molecule has 6 nitrogen and oxygen atoms in total. The number of carbonyl (C=O) groups is 1. The van der Waals surface area contributed by atoms with Crippen molar-refractivity contribution in [2.45, 2.75) is 32.2 Å². The SMILES string of the molecule is CC(=O)N1c2ccccc2-c2nnc(SCC(C)C)nc2O[C@@H]1c1ccc(Br)cc1. The fraction of sp³-hybridized carbons (Fsp3) is 0.273. The number of anilines is 1. The number of fused-ring (bicyclic) bond motifs is 3. The van der Waals surface area contributed by atoms with Crippen LogP contribution in [0.2, 0.25) is 0 Å². The van der Waals surface area contributed by atoms with Gasteiger partial charge in [-0.15, -0.1) is 10.2 Å². The number of hydrogen-bond acceptors (Lipinski definition) is 6. The standard InChI is InChI=1S/C22H21BrN4O2S/c1-13(2)12-30-22-24-20-19(25-26-22)17-6-4-5-7-18(17)27(14(3)28)21(29-20)15-8-10-16(23)11-9-15/h4-11,13,21H,12H2,1-3H3/t21-/m1/s1. The van der Waals surface area contributed by atoms with E-state index >= 15 is 0 Å². The van der Waals surface area contributed by atoms with Gasteiger partial charge in [0, 0.05) is 28.3 Å². The van der Waals surface area contributed by atoms with Crippen molar-refractivity contribution in [3.05, 3.63) is 58.6 Å². The number of ether oxygens (including phenoxy) is 1. The number of carbonyl (C=O) groups excluding carboxylic acids is 1. The highest BCUT2D eigenvalue weighted by Gasteiger charge is 2.34. The summed E-state index contributed by atoms with van der Waals surface area (Å²) in [5, 5.41) is 9.29. The number of halogens is 1. The van der Waals surface area contributed by atoms with Crippen LogP contribution in [0, 0.1) is 5.92 Å². The van der Waals surface area contributed by atoms with E-state index in [0.717, 1.165) is 27.0 Å². The minimum absolute atomic E-state index is 0.134. The third-order valence-corrected chi connectivity index (χ3v) is 6.35. The third-order valence-electron chi connectivity index (χ3n) is 4.55. The van der Waals surface area contributed by atoms with Crippen LogP contribution in [-0.4, -0.2) is 26.8 Å². The minimum Gasteiger partial charge on any atom is -0.447 e. The number of rotatable bonds is 4. The molecule has 0 saturated carbocycles. The smallest absolute Gasteiger partial charge is 0.247 e. The summed E-state index contributed by atoms with van der Waals surface area (Å²) < 4.78 is 7.30. The van der Waals surface area contributed by atoms with Gasteiger partial charge in [-0.25, -0.2) is 0 Å². The van der Waals surface area contributed by atoms with Crippen LogP contribution in [0.25, 0.3) is 11.3 Å². The fourth-order valence-electron chi connectivity index (χ4n) is 3.20. The van der Waals surface area contributed by atoms with Crippen LogP contribution in [0.5, 0.6) is 5.88 Å². The molecule has 0 aliphatic carbocycles. The average molecular weight is 485 g/mol. The molecule has 0 spiro atoms. The largest absolute Gasteiger partial charge is 0.447 e. The molecule has 0 fully saturated rings. The van der Waals surface area contributed by atoms with Crippen LogP contribution >= 0.6 is 27.7 Å². The van der Waals surface area contributed by atoms with E-state index in [9.17, 15) is 4.79 Å². The summed E-state index contributed by atoms with van der Waals surface area (Å²) in [5.41, 5.74) is 2.86. The van der Waals surface area contributed by atoms with E-state index in [2.05, 4.69) is 45.0 Å². The van der Waals surface area contributed by atoms with Crippen LogP contribution in [0.3, 0.4) is 0 Å². The van der Waals surface area contributed by atoms with Gasteiger partial charge in [-0.05, 0) is 24.1 Å². The van der Waals surface area contributed by atoms with Crippen LogP contribution < -0.4 is 9.64 Å². The maximum atomic E-state index is 12.7. The first-order valence-electron chi connectivity index (χ1n) is 9.63. The first kappa shape index (κ1) is 20.8. The molecule has 2 aromatic carbocycles. The predicted octanol–water partition coefficient (Wildman–Crippen LogP) is 5.49. The number of aromatic nitrogens is 3. The van der Waals surface area contributed by atoms with Crippen molar-refractivity contribution in [1.29, 1.82) is 0 Å². The molecule has 1 atom stereocenters. The second-order valence-electron chi connectivity index (χ2n) is 7.38.